The van der Waals surface area contributed by atoms with Gasteiger partial charge in [0.2, 0.25) is 5.91 Å². The van der Waals surface area contributed by atoms with E-state index in [4.69, 9.17) is 0 Å². The average Bonchev–Trinajstić information content (AvgIpc) is 2.60. The number of fused-ring (bicyclic) bond motifs is 1. The molecule has 24 heavy (non-hydrogen) atoms. The Kier molecular flexibility index (Phi) is 4.88. The predicted molar refractivity (Wildman–Crippen MR) is 90.0 cm³/mol. The van der Waals surface area contributed by atoms with Crippen molar-refractivity contribution in [1.82, 2.24) is 9.80 Å². The first-order chi connectivity index (χ1) is 11.5. The van der Waals surface area contributed by atoms with Gasteiger partial charge in [0, 0.05) is 37.2 Å². The molecule has 1 aromatic rings. The van der Waals surface area contributed by atoms with Crippen molar-refractivity contribution in [2.45, 2.75) is 39.2 Å². The van der Waals surface area contributed by atoms with Gasteiger partial charge in [0.15, 0.2) is 0 Å². The van der Waals surface area contributed by atoms with E-state index < -0.39 is 0 Å². The van der Waals surface area contributed by atoms with Crippen LogP contribution in [-0.4, -0.2) is 47.3 Å². The number of likely N-dealkylation sites (tertiary alicyclic amines) is 2. The van der Waals surface area contributed by atoms with Crippen LogP contribution in [0.1, 0.15) is 43.5 Å². The Morgan fingerprint density at radius 2 is 1.83 bits per heavy atom. The van der Waals surface area contributed by atoms with E-state index in [1.54, 1.807) is 12.1 Å². The van der Waals surface area contributed by atoms with Crippen LogP contribution < -0.4 is 0 Å². The molecule has 5 heteroatoms. The normalized spacial score (nSPS) is 24.0. The molecule has 2 heterocycles. The summed E-state index contributed by atoms with van der Waals surface area (Å²) in [7, 11) is 0. The first-order valence-corrected chi connectivity index (χ1v) is 8.82. The van der Waals surface area contributed by atoms with Gasteiger partial charge in [-0.15, -0.1) is 0 Å². The van der Waals surface area contributed by atoms with E-state index in [9.17, 15) is 14.0 Å². The zero-order chi connectivity index (χ0) is 17.3. The van der Waals surface area contributed by atoms with Crippen molar-refractivity contribution in [1.29, 1.82) is 0 Å². The fraction of sp³-hybridized carbons (Fsp3) is 0.579. The molecule has 0 aromatic heterocycles. The lowest BCUT2D eigenvalue weighted by molar-refractivity contribution is -0.137. The van der Waals surface area contributed by atoms with Crippen LogP contribution in [-0.2, 0) is 4.79 Å². The van der Waals surface area contributed by atoms with Gasteiger partial charge in [0.05, 0.1) is 0 Å². The summed E-state index contributed by atoms with van der Waals surface area (Å²) in [6.45, 7) is 6.06. The highest BCUT2D eigenvalue weighted by molar-refractivity contribution is 5.94. The Morgan fingerprint density at radius 3 is 2.50 bits per heavy atom. The third-order valence-corrected chi connectivity index (χ3v) is 5.23. The van der Waals surface area contributed by atoms with E-state index in [0.717, 1.165) is 32.4 Å². The maximum absolute atomic E-state index is 13.1. The summed E-state index contributed by atoms with van der Waals surface area (Å²) in [5.74, 6) is 0.217. The molecular formula is C19H25FN2O2. The second kappa shape index (κ2) is 6.91. The van der Waals surface area contributed by atoms with E-state index in [1.807, 2.05) is 23.6 Å². The Morgan fingerprint density at radius 1 is 1.12 bits per heavy atom. The molecule has 0 unspecified atom stereocenters. The predicted octanol–water partition coefficient (Wildman–Crippen LogP) is 2.93. The molecular weight excluding hydrogens is 307 g/mol. The highest BCUT2D eigenvalue weighted by Crippen LogP contribution is 2.32. The first-order valence-electron chi connectivity index (χ1n) is 8.82. The van der Waals surface area contributed by atoms with Crippen LogP contribution in [0.3, 0.4) is 0 Å². The lowest BCUT2D eigenvalue weighted by atomic mass is 9.83. The molecule has 2 aliphatic heterocycles. The van der Waals surface area contributed by atoms with E-state index in [-0.39, 0.29) is 29.6 Å². The Hall–Kier alpha value is -1.91. The topological polar surface area (TPSA) is 40.6 Å². The summed E-state index contributed by atoms with van der Waals surface area (Å²) in [5, 5.41) is 0. The average molecular weight is 332 g/mol. The van der Waals surface area contributed by atoms with Crippen molar-refractivity contribution in [3.05, 3.63) is 35.6 Å². The second-order valence-electron chi connectivity index (χ2n) is 7.20. The van der Waals surface area contributed by atoms with Gasteiger partial charge < -0.3 is 9.80 Å². The van der Waals surface area contributed by atoms with Crippen molar-refractivity contribution in [2.24, 2.45) is 11.8 Å². The minimum Gasteiger partial charge on any atom is -0.342 e. The van der Waals surface area contributed by atoms with Crippen molar-refractivity contribution >= 4 is 11.8 Å². The van der Waals surface area contributed by atoms with Gasteiger partial charge in [-0.1, -0.05) is 13.8 Å². The molecule has 2 amide bonds. The van der Waals surface area contributed by atoms with Gasteiger partial charge in [-0.25, -0.2) is 4.39 Å². The van der Waals surface area contributed by atoms with E-state index >= 15 is 0 Å². The van der Waals surface area contributed by atoms with Gasteiger partial charge in [-0.2, -0.15) is 0 Å². The van der Waals surface area contributed by atoms with Crippen LogP contribution in [0.25, 0.3) is 0 Å². The third-order valence-electron chi connectivity index (χ3n) is 5.23. The number of amides is 2. The van der Waals surface area contributed by atoms with E-state index in [0.29, 0.717) is 18.0 Å². The molecule has 0 N–H and O–H groups in total. The highest BCUT2D eigenvalue weighted by Gasteiger charge is 2.39. The summed E-state index contributed by atoms with van der Waals surface area (Å²) in [6, 6.07) is 5.96. The molecule has 0 spiro atoms. The van der Waals surface area contributed by atoms with Crippen LogP contribution in [0.5, 0.6) is 0 Å². The monoisotopic (exact) mass is 332 g/mol. The second-order valence-corrected chi connectivity index (χ2v) is 7.20. The Labute approximate surface area is 142 Å². The molecule has 2 aliphatic rings. The number of nitrogens with zero attached hydrogens (tertiary/aromatic N) is 2. The van der Waals surface area contributed by atoms with Crippen LogP contribution in [0.2, 0.25) is 0 Å². The van der Waals surface area contributed by atoms with Crippen molar-refractivity contribution in [2.75, 3.05) is 19.6 Å². The standard InChI is InChI=1S/C19H25FN2O2/c1-13(2)18(23)21-11-9-17-15(12-21)4-3-10-22(17)19(24)14-5-7-16(20)8-6-14/h5-8,13,15,17H,3-4,9-12H2,1-2H3/t15-,17-/m1/s1. The quantitative estimate of drug-likeness (QED) is 0.835. The lowest BCUT2D eigenvalue weighted by Gasteiger charge is -2.47. The number of rotatable bonds is 2. The summed E-state index contributed by atoms with van der Waals surface area (Å²) >= 11 is 0. The van der Waals surface area contributed by atoms with Gasteiger partial charge in [-0.05, 0) is 49.4 Å². The molecule has 1 aromatic carbocycles. The summed E-state index contributed by atoms with van der Waals surface area (Å²) in [5.41, 5.74) is 0.540. The molecule has 3 rings (SSSR count). The first kappa shape index (κ1) is 16.9. The largest absolute Gasteiger partial charge is 0.342 e. The van der Waals surface area contributed by atoms with Crippen LogP contribution in [0.4, 0.5) is 4.39 Å². The number of halogens is 1. The number of carbonyl (C=O) groups excluding carboxylic acids is 2. The van der Waals surface area contributed by atoms with Gasteiger partial charge >= 0.3 is 0 Å². The highest BCUT2D eigenvalue weighted by atomic mass is 19.1. The molecule has 2 saturated heterocycles. The summed E-state index contributed by atoms with van der Waals surface area (Å²) in [6.07, 6.45) is 2.84. The summed E-state index contributed by atoms with van der Waals surface area (Å²) in [4.78, 5) is 29.0. The Bertz CT molecular complexity index is 614. The van der Waals surface area contributed by atoms with Crippen LogP contribution in [0, 0.1) is 17.7 Å². The van der Waals surface area contributed by atoms with E-state index in [2.05, 4.69) is 0 Å². The molecule has 2 fully saturated rings. The molecule has 0 radical (unpaired) electrons. The minimum absolute atomic E-state index is 0.0158. The zero-order valence-corrected chi connectivity index (χ0v) is 14.4. The number of carbonyl (C=O) groups is 2. The molecule has 0 saturated carbocycles. The lowest BCUT2D eigenvalue weighted by Crippen LogP contribution is -2.57. The van der Waals surface area contributed by atoms with Gasteiger partial charge in [0.25, 0.3) is 5.91 Å². The van der Waals surface area contributed by atoms with Crippen molar-refractivity contribution in [3.63, 3.8) is 0 Å². The molecule has 0 aliphatic carbocycles. The molecule has 0 bridgehead atoms. The van der Waals surface area contributed by atoms with Gasteiger partial charge in [-0.3, -0.25) is 9.59 Å². The fourth-order valence-corrected chi connectivity index (χ4v) is 3.98. The molecule has 2 atom stereocenters. The number of piperidine rings is 2. The fourth-order valence-electron chi connectivity index (χ4n) is 3.98. The van der Waals surface area contributed by atoms with Crippen molar-refractivity contribution < 1.29 is 14.0 Å². The van der Waals surface area contributed by atoms with Crippen LogP contribution in [0.15, 0.2) is 24.3 Å². The maximum Gasteiger partial charge on any atom is 0.254 e. The number of benzene rings is 1. The number of hydrogen-bond donors (Lipinski definition) is 0. The molecule has 130 valence electrons. The Balaban J connectivity index is 1.72. The zero-order valence-electron chi connectivity index (χ0n) is 14.4. The smallest absolute Gasteiger partial charge is 0.254 e. The SMILES string of the molecule is CC(C)C(=O)N1CC[C@@H]2[C@H](CCCN2C(=O)c2ccc(F)cc2)C1. The third kappa shape index (κ3) is 3.30. The van der Waals surface area contributed by atoms with Crippen LogP contribution >= 0.6 is 0 Å². The van der Waals surface area contributed by atoms with E-state index in [1.165, 1.54) is 12.1 Å². The number of hydrogen-bond acceptors (Lipinski definition) is 2. The van der Waals surface area contributed by atoms with Crippen molar-refractivity contribution in [3.8, 4) is 0 Å². The summed E-state index contributed by atoms with van der Waals surface area (Å²) < 4.78 is 13.1. The maximum atomic E-state index is 13.1. The molecule has 4 nitrogen and oxygen atoms in total. The minimum atomic E-state index is -0.330. The van der Waals surface area contributed by atoms with Gasteiger partial charge in [0.1, 0.15) is 5.82 Å².